The van der Waals surface area contributed by atoms with Crippen molar-refractivity contribution in [2.45, 2.75) is 25.7 Å². The summed E-state index contributed by atoms with van der Waals surface area (Å²) in [6.07, 6.45) is -3.23. The van der Waals surface area contributed by atoms with Gasteiger partial charge in [-0.2, -0.15) is 0 Å². The SMILES string of the molecule is COC(=O)[C@H]1CC2=C(C(=O)c3cc4ccccc4c(OC(C)=O)c3C2=O)[C@H](O)O1. The van der Waals surface area contributed by atoms with Gasteiger partial charge in [-0.25, -0.2) is 4.79 Å². The quantitative estimate of drug-likeness (QED) is 0.603. The van der Waals surface area contributed by atoms with Gasteiger partial charge in [-0.15, -0.1) is 0 Å². The van der Waals surface area contributed by atoms with Crippen molar-refractivity contribution in [3.05, 3.63) is 52.6 Å². The van der Waals surface area contributed by atoms with Crippen LogP contribution < -0.4 is 4.74 Å². The number of methoxy groups -OCH3 is 1. The Morgan fingerprint density at radius 2 is 1.90 bits per heavy atom. The van der Waals surface area contributed by atoms with Gasteiger partial charge in [0, 0.05) is 29.9 Å². The zero-order chi connectivity index (χ0) is 20.9. The molecule has 148 valence electrons. The fraction of sp³-hybridized carbons (Fsp3) is 0.238. The summed E-state index contributed by atoms with van der Waals surface area (Å²) in [4.78, 5) is 50.0. The Balaban J connectivity index is 1.95. The highest BCUT2D eigenvalue weighted by molar-refractivity contribution is 6.30. The van der Waals surface area contributed by atoms with Gasteiger partial charge in [-0.05, 0) is 11.5 Å². The zero-order valence-corrected chi connectivity index (χ0v) is 15.6. The van der Waals surface area contributed by atoms with E-state index in [9.17, 15) is 24.3 Å². The fourth-order valence-electron chi connectivity index (χ4n) is 3.72. The molecule has 0 spiro atoms. The summed E-state index contributed by atoms with van der Waals surface area (Å²) in [5.41, 5.74) is -0.338. The summed E-state index contributed by atoms with van der Waals surface area (Å²) in [6, 6.07) is 8.36. The van der Waals surface area contributed by atoms with E-state index in [0.717, 1.165) is 7.11 Å². The second-order valence-corrected chi connectivity index (χ2v) is 6.70. The first kappa shape index (κ1) is 19.0. The molecule has 8 nitrogen and oxygen atoms in total. The van der Waals surface area contributed by atoms with E-state index >= 15 is 0 Å². The number of carbonyl (C=O) groups excluding carboxylic acids is 4. The predicted octanol–water partition coefficient (Wildman–Crippen LogP) is 1.72. The molecule has 0 radical (unpaired) electrons. The maximum absolute atomic E-state index is 13.3. The average molecular weight is 396 g/mol. The molecule has 0 saturated carbocycles. The van der Waals surface area contributed by atoms with E-state index in [-0.39, 0.29) is 34.4 Å². The van der Waals surface area contributed by atoms with Gasteiger partial charge in [0.2, 0.25) is 0 Å². The van der Waals surface area contributed by atoms with Crippen molar-refractivity contribution >= 4 is 34.3 Å². The van der Waals surface area contributed by atoms with E-state index in [4.69, 9.17) is 9.47 Å². The standard InChI is InChI=1S/C21H16O8/c1-9(22)28-19-11-6-4-3-5-10(11)7-12-15(19)17(23)13-8-14(20(25)27-2)29-21(26)16(13)18(12)24/h3-7,14,21,26H,8H2,1-2H3/t14-,21-/m1/s1. The molecule has 1 aliphatic heterocycles. The van der Waals surface area contributed by atoms with Gasteiger partial charge >= 0.3 is 11.9 Å². The van der Waals surface area contributed by atoms with Crippen molar-refractivity contribution in [1.29, 1.82) is 0 Å². The molecule has 2 aromatic carbocycles. The second-order valence-electron chi connectivity index (χ2n) is 6.70. The molecule has 0 fully saturated rings. The molecule has 0 bridgehead atoms. The van der Waals surface area contributed by atoms with Gasteiger partial charge in [-0.3, -0.25) is 14.4 Å². The summed E-state index contributed by atoms with van der Waals surface area (Å²) in [5, 5.41) is 11.4. The van der Waals surface area contributed by atoms with Crippen molar-refractivity contribution < 1.29 is 38.5 Å². The topological polar surface area (TPSA) is 116 Å². The number of Topliss-reactive ketones (excluding diaryl/α,β-unsaturated/α-hetero) is 2. The molecule has 4 rings (SSSR count). The second kappa shape index (κ2) is 6.91. The van der Waals surface area contributed by atoms with Crippen LogP contribution in [0.25, 0.3) is 10.8 Å². The minimum atomic E-state index is -1.75. The number of aliphatic hydroxyl groups excluding tert-OH is 1. The van der Waals surface area contributed by atoms with Crippen molar-refractivity contribution in [1.82, 2.24) is 0 Å². The Morgan fingerprint density at radius 1 is 1.17 bits per heavy atom. The summed E-state index contributed by atoms with van der Waals surface area (Å²) in [6.45, 7) is 1.19. The molecule has 0 saturated heterocycles. The summed E-state index contributed by atoms with van der Waals surface area (Å²) >= 11 is 0. The van der Waals surface area contributed by atoms with Crippen molar-refractivity contribution in [3.63, 3.8) is 0 Å². The molecule has 8 heteroatoms. The lowest BCUT2D eigenvalue weighted by Gasteiger charge is -2.32. The van der Waals surface area contributed by atoms with E-state index in [1.807, 2.05) is 0 Å². The number of benzene rings is 2. The van der Waals surface area contributed by atoms with Gasteiger partial charge in [0.15, 0.2) is 29.7 Å². The zero-order valence-electron chi connectivity index (χ0n) is 15.6. The first-order valence-corrected chi connectivity index (χ1v) is 8.81. The molecule has 0 aromatic heterocycles. The van der Waals surface area contributed by atoms with Crippen LogP contribution in [0.5, 0.6) is 5.75 Å². The van der Waals surface area contributed by atoms with Gasteiger partial charge in [0.25, 0.3) is 0 Å². The molecule has 29 heavy (non-hydrogen) atoms. The number of hydrogen-bond acceptors (Lipinski definition) is 8. The third kappa shape index (κ3) is 2.93. The minimum absolute atomic E-state index is 0.00266. The highest BCUT2D eigenvalue weighted by atomic mass is 16.6. The number of esters is 2. The number of ether oxygens (including phenoxy) is 3. The molecular weight excluding hydrogens is 380 g/mol. The summed E-state index contributed by atoms with van der Waals surface area (Å²) in [7, 11) is 1.15. The lowest BCUT2D eigenvalue weighted by Crippen LogP contribution is -2.42. The smallest absolute Gasteiger partial charge is 0.335 e. The van der Waals surface area contributed by atoms with Gasteiger partial charge < -0.3 is 19.3 Å². The Morgan fingerprint density at radius 3 is 2.59 bits per heavy atom. The fourth-order valence-corrected chi connectivity index (χ4v) is 3.72. The van der Waals surface area contributed by atoms with Crippen LogP contribution in [-0.4, -0.2) is 48.1 Å². The molecule has 2 aromatic rings. The number of hydrogen-bond donors (Lipinski definition) is 1. The van der Waals surface area contributed by atoms with E-state index in [1.165, 1.54) is 13.0 Å². The monoisotopic (exact) mass is 396 g/mol. The number of carbonyl (C=O) groups is 4. The lowest BCUT2D eigenvalue weighted by molar-refractivity contribution is -0.173. The number of aliphatic hydroxyl groups is 1. The lowest BCUT2D eigenvalue weighted by atomic mass is 9.79. The van der Waals surface area contributed by atoms with Gasteiger partial charge in [0.1, 0.15) is 0 Å². The van der Waals surface area contributed by atoms with Crippen LogP contribution in [0.15, 0.2) is 41.5 Å². The van der Waals surface area contributed by atoms with Crippen LogP contribution >= 0.6 is 0 Å². The molecular formula is C21H16O8. The van der Waals surface area contributed by atoms with Gasteiger partial charge in [0.05, 0.1) is 18.2 Å². The Kier molecular flexibility index (Phi) is 4.52. The Hall–Kier alpha value is -3.36. The maximum atomic E-state index is 13.3. The van der Waals surface area contributed by atoms with Crippen LogP contribution in [0, 0.1) is 0 Å². The summed E-state index contributed by atoms with van der Waals surface area (Å²) < 4.78 is 15.1. The molecule has 1 heterocycles. The largest absolute Gasteiger partial charge is 0.467 e. The molecule has 2 aliphatic rings. The number of rotatable bonds is 2. The van der Waals surface area contributed by atoms with Crippen molar-refractivity contribution in [3.8, 4) is 5.75 Å². The van der Waals surface area contributed by atoms with Crippen LogP contribution in [0.2, 0.25) is 0 Å². The minimum Gasteiger partial charge on any atom is -0.467 e. The van der Waals surface area contributed by atoms with Crippen LogP contribution in [0.4, 0.5) is 0 Å². The van der Waals surface area contributed by atoms with E-state index in [0.29, 0.717) is 10.8 Å². The van der Waals surface area contributed by atoms with Gasteiger partial charge in [-0.1, -0.05) is 24.3 Å². The van der Waals surface area contributed by atoms with Crippen LogP contribution in [0.1, 0.15) is 34.1 Å². The van der Waals surface area contributed by atoms with E-state index in [1.54, 1.807) is 24.3 Å². The molecule has 0 unspecified atom stereocenters. The van der Waals surface area contributed by atoms with Crippen LogP contribution in [-0.2, 0) is 19.1 Å². The predicted molar refractivity (Wildman–Crippen MR) is 98.5 cm³/mol. The maximum Gasteiger partial charge on any atom is 0.335 e. The molecule has 0 amide bonds. The highest BCUT2D eigenvalue weighted by Crippen LogP contribution is 2.42. The molecule has 1 N–H and O–H groups in total. The summed E-state index contributed by atoms with van der Waals surface area (Å²) in [5.74, 6) is -2.67. The Labute approximate surface area is 164 Å². The first-order valence-electron chi connectivity index (χ1n) is 8.81. The molecule has 1 aliphatic carbocycles. The van der Waals surface area contributed by atoms with Crippen molar-refractivity contribution in [2.75, 3.05) is 7.11 Å². The van der Waals surface area contributed by atoms with E-state index in [2.05, 4.69) is 4.74 Å². The average Bonchev–Trinajstić information content (AvgIpc) is 2.70. The normalized spacial score (nSPS) is 20.9. The Bertz CT molecular complexity index is 1130. The number of ketones is 2. The number of fused-ring (bicyclic) bond motifs is 2. The van der Waals surface area contributed by atoms with Crippen LogP contribution in [0.3, 0.4) is 0 Å². The third-order valence-corrected chi connectivity index (χ3v) is 4.96. The molecule has 2 atom stereocenters. The first-order chi connectivity index (χ1) is 13.8. The highest BCUT2D eigenvalue weighted by Gasteiger charge is 2.44. The van der Waals surface area contributed by atoms with Crippen molar-refractivity contribution in [2.24, 2.45) is 0 Å². The third-order valence-electron chi connectivity index (χ3n) is 4.96. The van der Waals surface area contributed by atoms with E-state index < -0.39 is 35.9 Å².